The normalized spacial score (nSPS) is 9.94. The number of benzene rings is 1. The maximum absolute atomic E-state index is 11.6. The van der Waals surface area contributed by atoms with Crippen molar-refractivity contribution in [3.63, 3.8) is 0 Å². The number of esters is 1. The van der Waals surface area contributed by atoms with Crippen molar-refractivity contribution in [2.45, 2.75) is 19.8 Å². The van der Waals surface area contributed by atoms with Crippen LogP contribution in [0.15, 0.2) is 22.7 Å². The zero-order valence-electron chi connectivity index (χ0n) is 9.46. The highest BCUT2D eigenvalue weighted by Crippen LogP contribution is 2.25. The van der Waals surface area contributed by atoms with E-state index in [2.05, 4.69) is 22.9 Å². The first-order valence-electron chi connectivity index (χ1n) is 5.19. The Balaban J connectivity index is 2.66. The minimum absolute atomic E-state index is 0.295. The van der Waals surface area contributed by atoms with Crippen LogP contribution in [0, 0.1) is 0 Å². The average molecular weight is 287 g/mol. The van der Waals surface area contributed by atoms with Gasteiger partial charge in [-0.2, -0.15) is 0 Å². The lowest BCUT2D eigenvalue weighted by atomic mass is 10.2. The lowest BCUT2D eigenvalue weighted by Crippen LogP contribution is -2.06. The second-order valence-corrected chi connectivity index (χ2v) is 4.19. The molecule has 1 aromatic carbocycles. The van der Waals surface area contributed by atoms with Crippen LogP contribution in [0.1, 0.15) is 30.1 Å². The van der Waals surface area contributed by atoms with Crippen LogP contribution in [0.4, 0.5) is 0 Å². The third kappa shape index (κ3) is 3.52. The molecule has 3 nitrogen and oxygen atoms in total. The Morgan fingerprint density at radius 2 is 2.19 bits per heavy atom. The highest BCUT2D eigenvalue weighted by Gasteiger charge is 2.09. The van der Waals surface area contributed by atoms with Gasteiger partial charge in [0.1, 0.15) is 5.75 Å². The van der Waals surface area contributed by atoms with Crippen molar-refractivity contribution >= 4 is 21.9 Å². The maximum atomic E-state index is 11.6. The molecule has 1 rings (SSSR count). The van der Waals surface area contributed by atoms with Crippen LogP contribution in [0.5, 0.6) is 5.75 Å². The van der Waals surface area contributed by atoms with Gasteiger partial charge < -0.3 is 9.47 Å². The molecular formula is C12H15BrO3. The van der Waals surface area contributed by atoms with Gasteiger partial charge in [-0.3, -0.25) is 0 Å². The van der Waals surface area contributed by atoms with Gasteiger partial charge in [0.2, 0.25) is 0 Å². The van der Waals surface area contributed by atoms with E-state index in [4.69, 9.17) is 9.47 Å². The van der Waals surface area contributed by atoms with E-state index in [9.17, 15) is 4.79 Å². The van der Waals surface area contributed by atoms with Crippen molar-refractivity contribution in [2.75, 3.05) is 13.7 Å². The predicted molar refractivity (Wildman–Crippen MR) is 65.9 cm³/mol. The molecule has 0 fully saturated rings. The average Bonchev–Trinajstić information content (AvgIpc) is 2.29. The van der Waals surface area contributed by atoms with E-state index in [0.717, 1.165) is 17.3 Å². The highest BCUT2D eigenvalue weighted by atomic mass is 79.9. The van der Waals surface area contributed by atoms with Gasteiger partial charge in [-0.05, 0) is 40.5 Å². The number of halogens is 1. The topological polar surface area (TPSA) is 35.5 Å². The quantitative estimate of drug-likeness (QED) is 0.615. The molecule has 0 aliphatic heterocycles. The smallest absolute Gasteiger partial charge is 0.338 e. The minimum atomic E-state index is -0.295. The van der Waals surface area contributed by atoms with E-state index in [-0.39, 0.29) is 5.97 Å². The van der Waals surface area contributed by atoms with Crippen LogP contribution in [0.25, 0.3) is 0 Å². The molecule has 16 heavy (non-hydrogen) atoms. The SMILES string of the molecule is CCCCOC(=O)c1ccc(OC)c(Br)c1. The fourth-order valence-corrected chi connectivity index (χ4v) is 1.73. The number of carbonyl (C=O) groups is 1. The van der Waals surface area contributed by atoms with Crippen molar-refractivity contribution in [1.82, 2.24) is 0 Å². The molecule has 0 aromatic heterocycles. The third-order valence-electron chi connectivity index (χ3n) is 2.12. The van der Waals surface area contributed by atoms with Gasteiger partial charge in [0, 0.05) is 0 Å². The number of carbonyl (C=O) groups excluding carboxylic acids is 1. The van der Waals surface area contributed by atoms with Gasteiger partial charge in [0.15, 0.2) is 0 Å². The monoisotopic (exact) mass is 286 g/mol. The van der Waals surface area contributed by atoms with Crippen LogP contribution >= 0.6 is 15.9 Å². The van der Waals surface area contributed by atoms with E-state index in [1.807, 2.05) is 0 Å². The van der Waals surface area contributed by atoms with Crippen LogP contribution in [-0.2, 0) is 4.74 Å². The molecule has 0 N–H and O–H groups in total. The Hall–Kier alpha value is -1.03. The molecule has 0 unspecified atom stereocenters. The maximum Gasteiger partial charge on any atom is 0.338 e. The zero-order chi connectivity index (χ0) is 12.0. The van der Waals surface area contributed by atoms with Gasteiger partial charge in [-0.15, -0.1) is 0 Å². The second kappa shape index (κ2) is 6.53. The second-order valence-electron chi connectivity index (χ2n) is 3.34. The lowest BCUT2D eigenvalue weighted by molar-refractivity contribution is 0.0499. The van der Waals surface area contributed by atoms with Gasteiger partial charge in [0.25, 0.3) is 0 Å². The first-order chi connectivity index (χ1) is 7.69. The van der Waals surface area contributed by atoms with Gasteiger partial charge in [-0.1, -0.05) is 13.3 Å². The number of methoxy groups -OCH3 is 1. The molecular weight excluding hydrogens is 272 g/mol. The summed E-state index contributed by atoms with van der Waals surface area (Å²) in [6, 6.07) is 5.13. The molecule has 88 valence electrons. The van der Waals surface area contributed by atoms with Crippen LogP contribution < -0.4 is 4.74 Å². The fourth-order valence-electron chi connectivity index (χ4n) is 1.19. The highest BCUT2D eigenvalue weighted by molar-refractivity contribution is 9.10. The number of rotatable bonds is 5. The first-order valence-corrected chi connectivity index (χ1v) is 5.99. The molecule has 0 atom stereocenters. The molecule has 0 aliphatic rings. The summed E-state index contributed by atoms with van der Waals surface area (Å²) in [7, 11) is 1.58. The summed E-state index contributed by atoms with van der Waals surface area (Å²) in [5.41, 5.74) is 0.531. The van der Waals surface area contributed by atoms with E-state index in [1.165, 1.54) is 0 Å². The first kappa shape index (κ1) is 13.0. The number of hydrogen-bond acceptors (Lipinski definition) is 3. The number of ether oxygens (including phenoxy) is 2. The Bertz CT molecular complexity index is 363. The van der Waals surface area contributed by atoms with Crippen molar-refractivity contribution in [2.24, 2.45) is 0 Å². The van der Waals surface area contributed by atoms with Crippen molar-refractivity contribution < 1.29 is 14.3 Å². The van der Waals surface area contributed by atoms with Crippen LogP contribution in [-0.4, -0.2) is 19.7 Å². The number of hydrogen-bond donors (Lipinski definition) is 0. The minimum Gasteiger partial charge on any atom is -0.496 e. The van der Waals surface area contributed by atoms with Crippen molar-refractivity contribution in [3.8, 4) is 5.75 Å². The lowest BCUT2D eigenvalue weighted by Gasteiger charge is -2.06. The summed E-state index contributed by atoms with van der Waals surface area (Å²) in [5.74, 6) is 0.405. The zero-order valence-corrected chi connectivity index (χ0v) is 11.0. The largest absolute Gasteiger partial charge is 0.496 e. The molecule has 1 aromatic rings. The summed E-state index contributed by atoms with van der Waals surface area (Å²) in [4.78, 5) is 11.6. The molecule has 0 aliphatic carbocycles. The summed E-state index contributed by atoms with van der Waals surface area (Å²) >= 11 is 3.32. The van der Waals surface area contributed by atoms with Crippen molar-refractivity contribution in [3.05, 3.63) is 28.2 Å². The fraction of sp³-hybridized carbons (Fsp3) is 0.417. The molecule has 0 amide bonds. The Morgan fingerprint density at radius 3 is 2.75 bits per heavy atom. The van der Waals surface area contributed by atoms with Crippen LogP contribution in [0.2, 0.25) is 0 Å². The summed E-state index contributed by atoms with van der Waals surface area (Å²) in [6.07, 6.45) is 1.91. The number of unbranched alkanes of at least 4 members (excludes halogenated alkanes) is 1. The van der Waals surface area contributed by atoms with Gasteiger partial charge in [0.05, 0.1) is 23.8 Å². The Labute approximate surface area is 104 Å². The molecule has 0 bridgehead atoms. The molecule has 0 spiro atoms. The Kier molecular flexibility index (Phi) is 5.32. The standard InChI is InChI=1S/C12H15BrO3/c1-3-4-7-16-12(14)9-5-6-11(15-2)10(13)8-9/h5-6,8H,3-4,7H2,1-2H3. The molecule has 4 heteroatoms. The van der Waals surface area contributed by atoms with Gasteiger partial charge in [-0.25, -0.2) is 4.79 Å². The molecule has 0 radical (unpaired) electrons. The summed E-state index contributed by atoms with van der Waals surface area (Å²) in [5, 5.41) is 0. The van der Waals surface area contributed by atoms with E-state index in [0.29, 0.717) is 17.9 Å². The summed E-state index contributed by atoms with van der Waals surface area (Å²) < 4.78 is 10.9. The van der Waals surface area contributed by atoms with Crippen molar-refractivity contribution in [1.29, 1.82) is 0 Å². The third-order valence-corrected chi connectivity index (χ3v) is 2.74. The predicted octanol–water partition coefficient (Wildman–Crippen LogP) is 3.41. The van der Waals surface area contributed by atoms with E-state index >= 15 is 0 Å². The molecule has 0 heterocycles. The molecule has 0 saturated heterocycles. The van der Waals surface area contributed by atoms with E-state index in [1.54, 1.807) is 25.3 Å². The Morgan fingerprint density at radius 1 is 1.44 bits per heavy atom. The van der Waals surface area contributed by atoms with E-state index < -0.39 is 0 Å². The molecule has 0 saturated carbocycles. The summed E-state index contributed by atoms with van der Waals surface area (Å²) in [6.45, 7) is 2.52. The van der Waals surface area contributed by atoms with Gasteiger partial charge >= 0.3 is 5.97 Å². The van der Waals surface area contributed by atoms with Crippen LogP contribution in [0.3, 0.4) is 0 Å².